The molecule has 0 aromatic carbocycles. The van der Waals surface area contributed by atoms with Gasteiger partial charge in [-0.2, -0.15) is 4.31 Å². The Hall–Kier alpha value is -2.07. The quantitative estimate of drug-likeness (QED) is 0.680. The van der Waals surface area contributed by atoms with Crippen molar-refractivity contribution in [3.05, 3.63) is 12.4 Å². The number of amides is 2. The predicted octanol–water partition coefficient (Wildman–Crippen LogP) is -1.06. The number of hydrogen-bond acceptors (Lipinski definition) is 7. The predicted molar refractivity (Wildman–Crippen MR) is 72.7 cm³/mol. The number of nitrogens with zero attached hydrogens (tertiary/aromatic N) is 3. The molecule has 1 aromatic rings. The van der Waals surface area contributed by atoms with E-state index in [4.69, 9.17) is 0 Å². The van der Waals surface area contributed by atoms with E-state index >= 15 is 0 Å². The summed E-state index contributed by atoms with van der Waals surface area (Å²) in [4.78, 5) is 30.7. The normalized spacial score (nSPS) is 20.2. The van der Waals surface area contributed by atoms with Crippen molar-refractivity contribution in [2.24, 2.45) is 0 Å². The van der Waals surface area contributed by atoms with Gasteiger partial charge in [-0.3, -0.25) is 14.9 Å². The number of carbonyl (C=O) groups excluding carboxylic acids is 2. The lowest BCUT2D eigenvalue weighted by atomic mass is 10.2. The van der Waals surface area contributed by atoms with Gasteiger partial charge in [-0.15, -0.1) is 0 Å². The molecule has 21 heavy (non-hydrogen) atoms. The van der Waals surface area contributed by atoms with Crippen LogP contribution in [0.2, 0.25) is 0 Å². The van der Waals surface area contributed by atoms with E-state index in [1.807, 2.05) is 0 Å². The van der Waals surface area contributed by atoms with E-state index in [0.717, 1.165) is 16.7 Å². The molecule has 10 heteroatoms. The molecule has 1 saturated heterocycles. The number of anilines is 1. The molecule has 9 nitrogen and oxygen atoms in total. The standard InChI is InChI=1S/C11H15N5O4S/c1-3-8-10(18)15-9(17)6-16(8)21(19,20)7-4-13-11(12-2)14-5-7/h4-5,8H,3,6H2,1-2H3,(H,12,13,14)(H,15,17,18). The monoisotopic (exact) mass is 313 g/mol. The summed E-state index contributed by atoms with van der Waals surface area (Å²) in [5.74, 6) is -1.00. The van der Waals surface area contributed by atoms with Crippen molar-refractivity contribution >= 4 is 27.8 Å². The second-order valence-corrected chi connectivity index (χ2v) is 6.27. The lowest BCUT2D eigenvalue weighted by Gasteiger charge is -2.32. The highest BCUT2D eigenvalue weighted by Gasteiger charge is 2.40. The number of nitrogens with one attached hydrogen (secondary N) is 2. The Morgan fingerprint density at radius 1 is 1.38 bits per heavy atom. The van der Waals surface area contributed by atoms with Crippen molar-refractivity contribution in [1.29, 1.82) is 0 Å². The van der Waals surface area contributed by atoms with Crippen molar-refractivity contribution < 1.29 is 18.0 Å². The van der Waals surface area contributed by atoms with Gasteiger partial charge in [0.15, 0.2) is 0 Å². The fourth-order valence-electron chi connectivity index (χ4n) is 2.00. The van der Waals surface area contributed by atoms with Crippen LogP contribution < -0.4 is 10.6 Å². The van der Waals surface area contributed by atoms with Crippen LogP contribution in [0.1, 0.15) is 13.3 Å². The van der Waals surface area contributed by atoms with Gasteiger partial charge in [0.05, 0.1) is 18.9 Å². The average molecular weight is 313 g/mol. The Bertz CT molecular complexity index is 658. The second-order valence-electron chi connectivity index (χ2n) is 4.38. The van der Waals surface area contributed by atoms with Gasteiger partial charge >= 0.3 is 0 Å². The Morgan fingerprint density at radius 3 is 2.52 bits per heavy atom. The molecule has 0 bridgehead atoms. The zero-order chi connectivity index (χ0) is 15.6. The third-order valence-electron chi connectivity index (χ3n) is 3.06. The number of sulfonamides is 1. The molecular weight excluding hydrogens is 298 g/mol. The summed E-state index contributed by atoms with van der Waals surface area (Å²) in [6, 6.07) is -0.920. The zero-order valence-electron chi connectivity index (χ0n) is 11.5. The molecule has 1 fully saturated rings. The fraction of sp³-hybridized carbons (Fsp3) is 0.455. The lowest BCUT2D eigenvalue weighted by molar-refractivity contribution is -0.137. The van der Waals surface area contributed by atoms with Crippen LogP contribution in [0.5, 0.6) is 0 Å². The Labute approximate surface area is 121 Å². The SMILES string of the molecule is CCC1C(=O)NC(=O)CN1S(=O)(=O)c1cnc(NC)nc1. The zero-order valence-corrected chi connectivity index (χ0v) is 12.3. The van der Waals surface area contributed by atoms with E-state index < -0.39 is 34.4 Å². The minimum Gasteiger partial charge on any atom is -0.357 e. The Kier molecular flexibility index (Phi) is 4.19. The maximum Gasteiger partial charge on any atom is 0.247 e. The number of imide groups is 1. The van der Waals surface area contributed by atoms with Gasteiger partial charge < -0.3 is 5.32 Å². The van der Waals surface area contributed by atoms with Crippen LogP contribution in [0.3, 0.4) is 0 Å². The van der Waals surface area contributed by atoms with Gasteiger partial charge in [-0.1, -0.05) is 6.92 Å². The summed E-state index contributed by atoms with van der Waals surface area (Å²) in [5.41, 5.74) is 0. The summed E-state index contributed by atoms with van der Waals surface area (Å²) in [5, 5.41) is 4.80. The van der Waals surface area contributed by atoms with Gasteiger partial charge in [0.2, 0.25) is 27.8 Å². The van der Waals surface area contributed by atoms with Gasteiger partial charge in [-0.25, -0.2) is 18.4 Å². The summed E-state index contributed by atoms with van der Waals surface area (Å²) < 4.78 is 26.0. The molecule has 2 N–H and O–H groups in total. The highest BCUT2D eigenvalue weighted by Crippen LogP contribution is 2.21. The van der Waals surface area contributed by atoms with Crippen molar-refractivity contribution in [1.82, 2.24) is 19.6 Å². The van der Waals surface area contributed by atoms with Crippen LogP contribution in [-0.4, -0.2) is 54.1 Å². The van der Waals surface area contributed by atoms with Crippen molar-refractivity contribution in [2.75, 3.05) is 18.9 Å². The van der Waals surface area contributed by atoms with Crippen LogP contribution >= 0.6 is 0 Å². The minimum atomic E-state index is -4.02. The Balaban J connectivity index is 2.40. The number of aromatic nitrogens is 2. The lowest BCUT2D eigenvalue weighted by Crippen LogP contribution is -2.59. The molecule has 2 heterocycles. The van der Waals surface area contributed by atoms with Gasteiger partial charge in [-0.05, 0) is 6.42 Å². The molecule has 0 spiro atoms. The smallest absolute Gasteiger partial charge is 0.247 e. The first-order chi connectivity index (χ1) is 9.90. The highest BCUT2D eigenvalue weighted by molar-refractivity contribution is 7.89. The molecule has 0 radical (unpaired) electrons. The van der Waals surface area contributed by atoms with E-state index in [0.29, 0.717) is 0 Å². The van der Waals surface area contributed by atoms with E-state index in [9.17, 15) is 18.0 Å². The molecule has 1 aliphatic rings. The van der Waals surface area contributed by atoms with E-state index in [1.54, 1.807) is 14.0 Å². The average Bonchev–Trinajstić information content (AvgIpc) is 2.46. The number of piperazine rings is 1. The molecule has 1 aromatic heterocycles. The molecule has 2 amide bonds. The molecule has 2 rings (SSSR count). The highest BCUT2D eigenvalue weighted by atomic mass is 32.2. The third kappa shape index (κ3) is 2.85. The minimum absolute atomic E-state index is 0.164. The van der Waals surface area contributed by atoms with Crippen LogP contribution in [0.4, 0.5) is 5.95 Å². The maximum atomic E-state index is 12.5. The largest absolute Gasteiger partial charge is 0.357 e. The van der Waals surface area contributed by atoms with Gasteiger partial charge in [0.1, 0.15) is 10.9 Å². The third-order valence-corrected chi connectivity index (χ3v) is 4.86. The van der Waals surface area contributed by atoms with Crippen LogP contribution in [0.15, 0.2) is 17.3 Å². The first-order valence-corrected chi connectivity index (χ1v) is 7.69. The molecule has 114 valence electrons. The van der Waals surface area contributed by atoms with Crippen LogP contribution in [0, 0.1) is 0 Å². The van der Waals surface area contributed by atoms with E-state index in [-0.39, 0.29) is 17.3 Å². The summed E-state index contributed by atoms with van der Waals surface area (Å²) in [7, 11) is -2.41. The first-order valence-electron chi connectivity index (χ1n) is 6.25. The summed E-state index contributed by atoms with van der Waals surface area (Å²) >= 11 is 0. The van der Waals surface area contributed by atoms with E-state index in [1.165, 1.54) is 0 Å². The Morgan fingerprint density at radius 2 is 2.00 bits per heavy atom. The van der Waals surface area contributed by atoms with Crippen LogP contribution in [0.25, 0.3) is 0 Å². The van der Waals surface area contributed by atoms with E-state index in [2.05, 4.69) is 20.6 Å². The summed E-state index contributed by atoms with van der Waals surface area (Å²) in [6.07, 6.45) is 2.53. The van der Waals surface area contributed by atoms with Crippen molar-refractivity contribution in [2.45, 2.75) is 24.3 Å². The molecule has 1 atom stereocenters. The molecule has 1 aliphatic heterocycles. The molecular formula is C11H15N5O4S. The maximum absolute atomic E-state index is 12.5. The number of rotatable bonds is 4. The second kappa shape index (κ2) is 5.74. The fourth-order valence-corrected chi connectivity index (χ4v) is 3.51. The topological polar surface area (TPSA) is 121 Å². The number of carbonyl (C=O) groups is 2. The number of hydrogen-bond donors (Lipinski definition) is 2. The molecule has 0 saturated carbocycles. The van der Waals surface area contributed by atoms with Crippen molar-refractivity contribution in [3.63, 3.8) is 0 Å². The molecule has 1 unspecified atom stereocenters. The van der Waals surface area contributed by atoms with Crippen LogP contribution in [-0.2, 0) is 19.6 Å². The van der Waals surface area contributed by atoms with Crippen molar-refractivity contribution in [3.8, 4) is 0 Å². The van der Waals surface area contributed by atoms with Gasteiger partial charge in [0, 0.05) is 7.05 Å². The molecule has 0 aliphatic carbocycles. The summed E-state index contributed by atoms with van der Waals surface area (Å²) in [6.45, 7) is 1.27. The first kappa shape index (κ1) is 15.3. The van der Waals surface area contributed by atoms with Gasteiger partial charge in [0.25, 0.3) is 0 Å².